The summed E-state index contributed by atoms with van der Waals surface area (Å²) in [4.78, 5) is 30.6. The zero-order chi connectivity index (χ0) is 38.8. The van der Waals surface area contributed by atoms with Crippen LogP contribution in [0, 0.1) is 35.5 Å². The van der Waals surface area contributed by atoms with Crippen LogP contribution in [-0.4, -0.2) is 119 Å². The minimum absolute atomic E-state index is 0.0361. The average molecular weight is 760 g/mol. The summed E-state index contributed by atoms with van der Waals surface area (Å²) < 4.78 is 50.3. The molecule has 0 N–H and O–H groups in total. The van der Waals surface area contributed by atoms with Gasteiger partial charge in [-0.15, -0.1) is 0 Å². The summed E-state index contributed by atoms with van der Waals surface area (Å²) in [6.45, 7) is 12.9. The molecular weight excluding hydrogens is 690 g/mol. The summed E-state index contributed by atoms with van der Waals surface area (Å²) in [5.74, 6) is 0.00892. The van der Waals surface area contributed by atoms with Crippen molar-refractivity contribution in [2.24, 2.45) is 35.5 Å². The molecule has 3 aliphatic heterocycles. The lowest BCUT2D eigenvalue weighted by Gasteiger charge is -2.44. The van der Waals surface area contributed by atoms with Crippen LogP contribution in [-0.2, 0) is 47.5 Å². The number of nitrogens with zero attached hydrogens (tertiary/aromatic N) is 1. The van der Waals surface area contributed by atoms with Gasteiger partial charge >= 0.3 is 5.97 Å². The molecular formula is C43H69NO10. The fourth-order valence-electron chi connectivity index (χ4n) is 10.9. The van der Waals surface area contributed by atoms with Crippen molar-refractivity contribution in [3.05, 3.63) is 23.3 Å². The standard InChI is InChI=1S/C43H69NO10/c1-11-27-14-13-15-36(54-38-17-16-35(44(7)8)25(5)50-38)24(4)39(46)34-21-32-30(33(34)22-37(45)52-27)18-23(3)29-19-28(20-31(29)32)53-43-42(48-10)41(49-12-2)40(47-9)26(6)51-43/h18,21,24-33,35-36,38,40-43H,11-17,19-20,22H2,1-10H3/t24-,25?,26?,27+,28-,29+,30-,31-,32-,33+,35?,36?,38?,40?,41?,42?,43?/m1/s1. The van der Waals surface area contributed by atoms with Crippen molar-refractivity contribution in [2.45, 2.75) is 167 Å². The molecule has 54 heavy (non-hydrogen) atoms. The number of cyclic esters (lactones) is 1. The largest absolute Gasteiger partial charge is 0.462 e. The predicted octanol–water partition coefficient (Wildman–Crippen LogP) is 6.27. The van der Waals surface area contributed by atoms with Gasteiger partial charge in [0.05, 0.1) is 30.8 Å². The molecule has 0 radical (unpaired) electrons. The van der Waals surface area contributed by atoms with Gasteiger partial charge in [0.25, 0.3) is 0 Å². The number of fused-ring (bicyclic) bond motifs is 5. The number of carbonyl (C=O) groups is 2. The minimum atomic E-state index is -0.597. The number of ether oxygens (including phenoxy) is 8. The fourth-order valence-corrected chi connectivity index (χ4v) is 10.9. The Hall–Kier alpha value is -1.70. The number of carbonyl (C=O) groups excluding carboxylic acids is 2. The van der Waals surface area contributed by atoms with Gasteiger partial charge in [0, 0.05) is 38.7 Å². The molecule has 11 nitrogen and oxygen atoms in total. The lowest BCUT2D eigenvalue weighted by Crippen LogP contribution is -2.60. The third-order valence-corrected chi connectivity index (χ3v) is 13.7. The number of Topliss-reactive ketones (excluding diaryl/α,β-unsaturated/α-hetero) is 1. The minimum Gasteiger partial charge on any atom is -0.462 e. The third kappa shape index (κ3) is 8.74. The van der Waals surface area contributed by atoms with Gasteiger partial charge in [0.1, 0.15) is 24.4 Å². The van der Waals surface area contributed by atoms with Crippen molar-refractivity contribution in [3.8, 4) is 0 Å². The number of hydrogen-bond acceptors (Lipinski definition) is 11. The van der Waals surface area contributed by atoms with E-state index in [0.717, 1.165) is 50.5 Å². The number of hydrogen-bond donors (Lipinski definition) is 0. The van der Waals surface area contributed by atoms with Crippen LogP contribution in [0.1, 0.15) is 99.3 Å². The molecule has 3 saturated heterocycles. The topological polar surface area (TPSA) is 111 Å². The second-order valence-corrected chi connectivity index (χ2v) is 17.2. The van der Waals surface area contributed by atoms with E-state index in [0.29, 0.717) is 25.0 Å². The highest BCUT2D eigenvalue weighted by Gasteiger charge is 2.54. The zero-order valence-corrected chi connectivity index (χ0v) is 34.6. The number of ketones is 1. The molecule has 3 heterocycles. The summed E-state index contributed by atoms with van der Waals surface area (Å²) in [7, 11) is 7.53. The molecule has 0 aromatic carbocycles. The second kappa shape index (κ2) is 18.3. The van der Waals surface area contributed by atoms with Crippen molar-refractivity contribution in [1.82, 2.24) is 4.90 Å². The SMILES string of the molecule is CCOC1C(OC)C(C)OC(O[C@H]2C[C@H]3[C@@H]4C=C5C(=O)[C@H](C)C(OC6CCC(N(C)C)C(C)O6)CCC[C@H](CC)OC(=O)C[C@H]5[C@@H]4C=C(C)[C@@H]3C2)C1OC. The highest BCUT2D eigenvalue weighted by atomic mass is 16.7. The van der Waals surface area contributed by atoms with E-state index in [1.807, 2.05) is 20.8 Å². The van der Waals surface area contributed by atoms with E-state index < -0.39 is 12.4 Å². The molecule has 306 valence electrons. The molecule has 0 aromatic heterocycles. The van der Waals surface area contributed by atoms with E-state index >= 15 is 0 Å². The zero-order valence-electron chi connectivity index (χ0n) is 34.6. The Bertz CT molecular complexity index is 1350. The maximum Gasteiger partial charge on any atom is 0.306 e. The highest BCUT2D eigenvalue weighted by molar-refractivity contribution is 5.99. The van der Waals surface area contributed by atoms with Crippen molar-refractivity contribution >= 4 is 11.8 Å². The Morgan fingerprint density at radius 3 is 2.26 bits per heavy atom. The van der Waals surface area contributed by atoms with Crippen molar-refractivity contribution < 1.29 is 47.5 Å². The van der Waals surface area contributed by atoms with Crippen LogP contribution in [0.4, 0.5) is 0 Å². The molecule has 0 aromatic rings. The molecule has 1 saturated carbocycles. The van der Waals surface area contributed by atoms with Crippen LogP contribution in [0.3, 0.4) is 0 Å². The maximum absolute atomic E-state index is 14.8. The van der Waals surface area contributed by atoms with Crippen LogP contribution in [0.2, 0.25) is 0 Å². The molecule has 0 spiro atoms. The van der Waals surface area contributed by atoms with Gasteiger partial charge in [-0.3, -0.25) is 9.59 Å². The van der Waals surface area contributed by atoms with Crippen LogP contribution >= 0.6 is 0 Å². The van der Waals surface area contributed by atoms with E-state index in [-0.39, 0.29) is 96.8 Å². The summed E-state index contributed by atoms with van der Waals surface area (Å²) in [6.07, 6.45) is 8.61. The monoisotopic (exact) mass is 759 g/mol. The molecule has 6 aliphatic rings. The summed E-state index contributed by atoms with van der Waals surface area (Å²) in [5.41, 5.74) is 2.08. The van der Waals surface area contributed by atoms with Crippen molar-refractivity contribution in [1.29, 1.82) is 0 Å². The van der Waals surface area contributed by atoms with E-state index in [9.17, 15) is 9.59 Å². The quantitative estimate of drug-likeness (QED) is 0.186. The third-order valence-electron chi connectivity index (χ3n) is 13.7. The van der Waals surface area contributed by atoms with E-state index in [1.165, 1.54) is 5.57 Å². The van der Waals surface area contributed by atoms with Crippen LogP contribution < -0.4 is 0 Å². The molecule has 4 fully saturated rings. The van der Waals surface area contributed by atoms with Gasteiger partial charge in [-0.2, -0.15) is 0 Å². The number of allylic oxidation sites excluding steroid dienone is 4. The number of esters is 1. The van der Waals surface area contributed by atoms with Crippen molar-refractivity contribution in [2.75, 3.05) is 34.9 Å². The average Bonchev–Trinajstić information content (AvgIpc) is 3.71. The van der Waals surface area contributed by atoms with Gasteiger partial charge in [0.2, 0.25) is 0 Å². The Labute approximate surface area is 324 Å². The highest BCUT2D eigenvalue weighted by Crippen LogP contribution is 2.56. The molecule has 11 heteroatoms. The van der Waals surface area contributed by atoms with Crippen LogP contribution in [0.5, 0.6) is 0 Å². The normalized spacial score (nSPS) is 44.7. The Morgan fingerprint density at radius 2 is 1.59 bits per heavy atom. The van der Waals surface area contributed by atoms with Gasteiger partial charge in [-0.1, -0.05) is 31.6 Å². The lowest BCUT2D eigenvalue weighted by atomic mass is 9.67. The summed E-state index contributed by atoms with van der Waals surface area (Å²) >= 11 is 0. The van der Waals surface area contributed by atoms with Gasteiger partial charge in [-0.25, -0.2) is 0 Å². The molecule has 0 bridgehead atoms. The molecule has 3 aliphatic carbocycles. The first kappa shape index (κ1) is 41.9. The van der Waals surface area contributed by atoms with Crippen LogP contribution in [0.15, 0.2) is 23.3 Å². The number of likely N-dealkylation sites (N-methyl/N-ethyl adjacent to an activating group) is 1. The van der Waals surface area contributed by atoms with E-state index in [2.05, 4.69) is 51.9 Å². The molecule has 6 rings (SSSR count). The second-order valence-electron chi connectivity index (χ2n) is 17.2. The Balaban J connectivity index is 1.23. The van der Waals surface area contributed by atoms with Gasteiger partial charge in [-0.05, 0) is 122 Å². The fraction of sp³-hybridized carbons (Fsp3) is 0.860. The van der Waals surface area contributed by atoms with Gasteiger partial charge in [0.15, 0.2) is 18.4 Å². The molecule has 0 amide bonds. The first-order valence-electron chi connectivity index (χ1n) is 21.0. The van der Waals surface area contributed by atoms with Crippen LogP contribution in [0.25, 0.3) is 0 Å². The predicted molar refractivity (Wildman–Crippen MR) is 203 cm³/mol. The summed E-state index contributed by atoms with van der Waals surface area (Å²) in [5, 5.41) is 0. The Kier molecular flexibility index (Phi) is 14.2. The van der Waals surface area contributed by atoms with E-state index in [4.69, 9.17) is 37.9 Å². The molecule has 9 unspecified atom stereocenters. The smallest absolute Gasteiger partial charge is 0.306 e. The van der Waals surface area contributed by atoms with Gasteiger partial charge < -0.3 is 42.8 Å². The van der Waals surface area contributed by atoms with Crippen molar-refractivity contribution in [3.63, 3.8) is 0 Å². The van der Waals surface area contributed by atoms with E-state index in [1.54, 1.807) is 14.2 Å². The summed E-state index contributed by atoms with van der Waals surface area (Å²) in [6, 6.07) is 0.337. The number of rotatable bonds is 10. The Morgan fingerprint density at radius 1 is 0.833 bits per heavy atom. The maximum atomic E-state index is 14.8. The lowest BCUT2D eigenvalue weighted by molar-refractivity contribution is -0.317. The first-order valence-corrected chi connectivity index (χ1v) is 21.0. The number of methoxy groups -OCH3 is 2. The molecule has 17 atom stereocenters. The first-order chi connectivity index (χ1) is 25.9.